The summed E-state index contributed by atoms with van der Waals surface area (Å²) in [7, 11) is 0. The Labute approximate surface area is 73.3 Å². The second kappa shape index (κ2) is 7.24. The second-order valence-electron chi connectivity index (χ2n) is 0.898. The standard InChI is InChI=1S/C4H6NO2.Y/c1-3-5-7-4(2)6;/h1-2H3;/q-1;. The van der Waals surface area contributed by atoms with Gasteiger partial charge in [-0.25, -0.2) is 0 Å². The minimum absolute atomic E-state index is 0. The van der Waals surface area contributed by atoms with E-state index in [0.717, 1.165) is 0 Å². The van der Waals surface area contributed by atoms with Crippen LogP contribution in [0.5, 0.6) is 0 Å². The van der Waals surface area contributed by atoms with E-state index in [1.807, 2.05) is 0 Å². The molecule has 0 unspecified atom stereocenters. The maximum atomic E-state index is 9.85. The topological polar surface area (TPSA) is 38.7 Å². The van der Waals surface area contributed by atoms with E-state index in [4.69, 9.17) is 0 Å². The van der Waals surface area contributed by atoms with Gasteiger partial charge in [-0.05, 0) is 0 Å². The number of carbonyl (C=O) groups is 1. The minimum atomic E-state index is -0.422. The van der Waals surface area contributed by atoms with Crippen molar-refractivity contribution in [3.63, 3.8) is 0 Å². The second-order valence-corrected chi connectivity index (χ2v) is 0.898. The van der Waals surface area contributed by atoms with Crippen molar-refractivity contribution >= 4 is 12.2 Å². The van der Waals surface area contributed by atoms with Gasteiger partial charge in [-0.1, -0.05) is 0 Å². The van der Waals surface area contributed by atoms with Crippen LogP contribution in [0, 0.1) is 0 Å². The molecule has 3 nitrogen and oxygen atoms in total. The fourth-order valence-corrected chi connectivity index (χ4v) is 0.110. The van der Waals surface area contributed by atoms with Crippen molar-refractivity contribution in [2.75, 3.05) is 0 Å². The van der Waals surface area contributed by atoms with Gasteiger partial charge in [0.05, 0.1) is 0 Å². The average molecular weight is 189 g/mol. The van der Waals surface area contributed by atoms with Crippen molar-refractivity contribution < 1.29 is 42.3 Å². The maximum Gasteiger partial charge on any atom is 0.327 e. The molecule has 4 heteroatoms. The van der Waals surface area contributed by atoms with E-state index in [-0.39, 0.29) is 32.7 Å². The molecule has 0 aromatic carbocycles. The first-order valence-corrected chi connectivity index (χ1v) is 1.81. The first-order valence-electron chi connectivity index (χ1n) is 1.81. The van der Waals surface area contributed by atoms with Crippen LogP contribution >= 0.6 is 0 Å². The molecule has 0 atom stereocenters. The number of nitrogens with zero attached hydrogens (tertiary/aromatic N) is 1. The summed E-state index contributed by atoms with van der Waals surface area (Å²) in [4.78, 5) is 13.9. The molecule has 0 aliphatic carbocycles. The van der Waals surface area contributed by atoms with Gasteiger partial charge in [-0.2, -0.15) is 6.92 Å². The summed E-state index contributed by atoms with van der Waals surface area (Å²) < 4.78 is 0. The van der Waals surface area contributed by atoms with Gasteiger partial charge in [0.2, 0.25) is 0 Å². The Morgan fingerprint density at radius 2 is 2.25 bits per heavy atom. The summed E-state index contributed by atoms with van der Waals surface area (Å²) in [5, 5.41) is 3.07. The van der Waals surface area contributed by atoms with Crippen LogP contribution in [0.25, 0.3) is 0 Å². The van der Waals surface area contributed by atoms with E-state index in [1.165, 1.54) is 6.92 Å². The van der Waals surface area contributed by atoms with Gasteiger partial charge in [0.15, 0.2) is 0 Å². The third-order valence-corrected chi connectivity index (χ3v) is 0.265. The average Bonchev–Trinajstić information content (AvgIpc) is 1.61. The van der Waals surface area contributed by atoms with Gasteiger partial charge in [-0.15, -0.1) is 0 Å². The predicted octanol–water partition coefficient (Wildman–Crippen LogP) is 0.430. The zero-order valence-corrected chi connectivity index (χ0v) is 7.68. The zero-order chi connectivity index (χ0) is 5.70. The Morgan fingerprint density at radius 3 is 2.38 bits per heavy atom. The van der Waals surface area contributed by atoms with Crippen LogP contribution in [0.3, 0.4) is 0 Å². The predicted molar refractivity (Wildman–Crippen MR) is 24.9 cm³/mol. The molecule has 0 N–H and O–H groups in total. The van der Waals surface area contributed by atoms with Crippen LogP contribution in [0.1, 0.15) is 13.8 Å². The molecule has 0 fully saturated rings. The van der Waals surface area contributed by atoms with E-state index < -0.39 is 5.97 Å². The van der Waals surface area contributed by atoms with Crippen molar-refractivity contribution in [2.24, 2.45) is 5.16 Å². The van der Waals surface area contributed by atoms with Crippen LogP contribution in [-0.4, -0.2) is 12.2 Å². The Hall–Kier alpha value is 0.244. The van der Waals surface area contributed by atoms with Gasteiger partial charge in [0.25, 0.3) is 0 Å². The molecule has 0 aliphatic rings. The van der Waals surface area contributed by atoms with Crippen LogP contribution in [-0.2, 0) is 42.3 Å². The molecule has 0 amide bonds. The van der Waals surface area contributed by atoms with Gasteiger partial charge in [-0.3, -0.25) is 4.79 Å². The van der Waals surface area contributed by atoms with Gasteiger partial charge in [0.1, 0.15) is 0 Å². The first-order chi connectivity index (χ1) is 3.27. The molecule has 0 saturated carbocycles. The maximum absolute atomic E-state index is 9.85. The third kappa shape index (κ3) is 9.53. The molecule has 0 aromatic rings. The monoisotopic (exact) mass is 189 g/mol. The third-order valence-electron chi connectivity index (χ3n) is 0.265. The summed E-state index contributed by atoms with van der Waals surface area (Å²) in [5.74, 6) is -0.422. The summed E-state index contributed by atoms with van der Waals surface area (Å²) in [6.07, 6.45) is 2.28. The Morgan fingerprint density at radius 1 is 1.75 bits per heavy atom. The number of hydrogen-bond donors (Lipinski definition) is 0. The molecule has 0 aromatic heterocycles. The molecule has 8 heavy (non-hydrogen) atoms. The molecular weight excluding hydrogens is 183 g/mol. The Balaban J connectivity index is 0. The number of hydrogen-bond acceptors (Lipinski definition) is 3. The molecule has 0 spiro atoms. The van der Waals surface area contributed by atoms with Crippen LogP contribution in [0.2, 0.25) is 0 Å². The van der Waals surface area contributed by atoms with Crippen molar-refractivity contribution in [1.82, 2.24) is 0 Å². The molecular formula is C4H6NO2Y-. The summed E-state index contributed by atoms with van der Waals surface area (Å²) in [5.41, 5.74) is 0. The smallest absolute Gasteiger partial charge is 0.327 e. The molecule has 0 bridgehead atoms. The van der Waals surface area contributed by atoms with Crippen molar-refractivity contribution in [2.45, 2.75) is 13.8 Å². The normalized spacial score (nSPS) is 8.25. The van der Waals surface area contributed by atoms with E-state index >= 15 is 0 Å². The zero-order valence-electron chi connectivity index (χ0n) is 4.84. The van der Waals surface area contributed by atoms with Crippen LogP contribution in [0.15, 0.2) is 5.16 Å². The van der Waals surface area contributed by atoms with E-state index in [9.17, 15) is 4.79 Å². The van der Waals surface area contributed by atoms with E-state index in [1.54, 1.807) is 6.92 Å². The Bertz CT molecular complexity index is 92.0. The quantitative estimate of drug-likeness (QED) is 0.259. The van der Waals surface area contributed by atoms with E-state index in [0.29, 0.717) is 0 Å². The van der Waals surface area contributed by atoms with Gasteiger partial charge >= 0.3 is 5.97 Å². The van der Waals surface area contributed by atoms with Gasteiger partial charge in [0, 0.05) is 39.6 Å². The van der Waals surface area contributed by atoms with Crippen LogP contribution in [0.4, 0.5) is 0 Å². The number of rotatable bonds is 1. The molecule has 43 valence electrons. The fourth-order valence-electron chi connectivity index (χ4n) is 0.110. The summed E-state index contributed by atoms with van der Waals surface area (Å²) in [6, 6.07) is 0. The SMILES string of the molecule is C[C-]=NOC(C)=O.[Y]. The van der Waals surface area contributed by atoms with E-state index in [2.05, 4.69) is 16.2 Å². The van der Waals surface area contributed by atoms with Crippen molar-refractivity contribution in [3.8, 4) is 0 Å². The Kier molecular flexibility index (Phi) is 10.0. The molecule has 0 saturated heterocycles. The van der Waals surface area contributed by atoms with Crippen LogP contribution < -0.4 is 0 Å². The van der Waals surface area contributed by atoms with Crippen molar-refractivity contribution in [1.29, 1.82) is 0 Å². The molecule has 0 aliphatic heterocycles. The largest absolute Gasteiger partial charge is 0.356 e. The number of carbonyl (C=O) groups excluding carboxylic acids is 1. The minimum Gasteiger partial charge on any atom is -0.356 e. The molecule has 0 heterocycles. The van der Waals surface area contributed by atoms with Crippen molar-refractivity contribution in [3.05, 3.63) is 0 Å². The fraction of sp³-hybridized carbons (Fsp3) is 0.500. The molecule has 0 rings (SSSR count). The first kappa shape index (κ1) is 11.1. The summed E-state index contributed by atoms with van der Waals surface area (Å²) >= 11 is 0. The van der Waals surface area contributed by atoms with Gasteiger partial charge < -0.3 is 16.2 Å². The molecule has 1 radical (unpaired) electrons. The summed E-state index contributed by atoms with van der Waals surface area (Å²) in [6.45, 7) is 2.82.